The van der Waals surface area contributed by atoms with Crippen LogP contribution in [-0.4, -0.2) is 42.1 Å². The predicted octanol–water partition coefficient (Wildman–Crippen LogP) is 3.47. The zero-order chi connectivity index (χ0) is 20.6. The van der Waals surface area contributed by atoms with Crippen molar-refractivity contribution in [1.29, 1.82) is 5.41 Å². The lowest BCUT2D eigenvalue weighted by Gasteiger charge is -2.14. The molecule has 2 aromatic rings. The summed E-state index contributed by atoms with van der Waals surface area (Å²) in [5.74, 6) is -0.0490. The van der Waals surface area contributed by atoms with Crippen LogP contribution in [0.5, 0.6) is 0 Å². The minimum absolute atomic E-state index is 0.0417. The molecule has 146 valence electrons. The van der Waals surface area contributed by atoms with Crippen molar-refractivity contribution in [2.75, 3.05) is 13.7 Å². The molecule has 0 saturated heterocycles. The first-order valence-corrected chi connectivity index (χ1v) is 8.71. The van der Waals surface area contributed by atoms with Crippen molar-refractivity contribution in [2.24, 2.45) is 5.73 Å². The number of nitrogens with two attached hydrogens (primary N) is 1. The Morgan fingerprint density at radius 2 is 1.96 bits per heavy atom. The fourth-order valence-electron chi connectivity index (χ4n) is 2.39. The van der Waals surface area contributed by atoms with Gasteiger partial charge in [0.15, 0.2) is 5.78 Å². The van der Waals surface area contributed by atoms with Gasteiger partial charge in [0.2, 0.25) is 0 Å². The maximum Gasteiger partial charge on any atom is 0.161 e. The van der Waals surface area contributed by atoms with Crippen LogP contribution in [0.15, 0.2) is 30.5 Å². The van der Waals surface area contributed by atoms with Crippen LogP contribution in [0, 0.1) is 5.41 Å². The average molecular weight is 371 g/mol. The van der Waals surface area contributed by atoms with Gasteiger partial charge in [0.1, 0.15) is 6.29 Å². The number of rotatable bonds is 6. The first kappa shape index (κ1) is 22.5. The van der Waals surface area contributed by atoms with E-state index in [0.29, 0.717) is 12.1 Å². The Bertz CT molecular complexity index is 842. The topological polar surface area (TPSA) is 98.2 Å². The molecule has 0 aliphatic heterocycles. The highest BCUT2D eigenvalue weighted by molar-refractivity contribution is 6.07. The lowest BCUT2D eigenvalue weighted by atomic mass is 10.0. The molecule has 0 aliphatic carbocycles. The lowest BCUT2D eigenvalue weighted by Crippen LogP contribution is -2.15. The zero-order valence-corrected chi connectivity index (χ0v) is 16.7. The van der Waals surface area contributed by atoms with Crippen molar-refractivity contribution in [3.8, 4) is 0 Å². The minimum Gasteiger partial charge on any atom is -0.379 e. The number of allylic oxidation sites excluding steroid dienone is 1. The summed E-state index contributed by atoms with van der Waals surface area (Å²) < 4.78 is 6.69. The van der Waals surface area contributed by atoms with E-state index in [1.807, 2.05) is 39.0 Å². The summed E-state index contributed by atoms with van der Waals surface area (Å²) in [6.45, 7) is 8.09. The van der Waals surface area contributed by atoms with Crippen molar-refractivity contribution >= 4 is 34.8 Å². The number of hydrogen-bond acceptors (Lipinski definition) is 5. The number of Topliss-reactive ketones (excluding diaryl/α,β-unsaturated/α-hetero) is 1. The third-order valence-corrected chi connectivity index (χ3v) is 4.02. The van der Waals surface area contributed by atoms with E-state index in [1.54, 1.807) is 23.9 Å². The van der Waals surface area contributed by atoms with Crippen LogP contribution in [0.25, 0.3) is 16.5 Å². The second-order valence-electron chi connectivity index (χ2n) is 7.03. The van der Waals surface area contributed by atoms with Gasteiger partial charge in [-0.1, -0.05) is 6.07 Å². The van der Waals surface area contributed by atoms with Crippen molar-refractivity contribution in [3.63, 3.8) is 0 Å². The summed E-state index contributed by atoms with van der Waals surface area (Å²) in [5, 5.41) is 7.96. The van der Waals surface area contributed by atoms with Gasteiger partial charge in [0, 0.05) is 42.5 Å². The van der Waals surface area contributed by atoms with Gasteiger partial charge in [0.05, 0.1) is 12.1 Å². The van der Waals surface area contributed by atoms with Crippen molar-refractivity contribution < 1.29 is 14.3 Å². The normalized spacial score (nSPS) is 11.7. The summed E-state index contributed by atoms with van der Waals surface area (Å²) in [6, 6.07) is 5.64. The Balaban J connectivity index is 0.000000527. The Kier molecular flexibility index (Phi) is 8.28. The van der Waals surface area contributed by atoms with Crippen molar-refractivity contribution in [1.82, 2.24) is 4.57 Å². The average Bonchev–Trinajstić information content (AvgIpc) is 2.98. The summed E-state index contributed by atoms with van der Waals surface area (Å²) in [7, 11) is 1.71. The summed E-state index contributed by atoms with van der Waals surface area (Å²) >= 11 is 0. The van der Waals surface area contributed by atoms with Gasteiger partial charge < -0.3 is 25.2 Å². The Hall–Kier alpha value is -2.57. The van der Waals surface area contributed by atoms with Crippen LogP contribution < -0.4 is 5.73 Å². The number of carbonyl (C=O) groups excluding carboxylic acids is 2. The smallest absolute Gasteiger partial charge is 0.161 e. The molecule has 6 nitrogen and oxygen atoms in total. The second-order valence-corrected chi connectivity index (χ2v) is 7.03. The van der Waals surface area contributed by atoms with E-state index in [4.69, 9.17) is 15.9 Å². The molecule has 1 aromatic heterocycles. The molecule has 6 heteroatoms. The molecule has 2 rings (SSSR count). The lowest BCUT2D eigenvalue weighted by molar-refractivity contribution is -0.108. The van der Waals surface area contributed by atoms with Crippen LogP contribution in [0.1, 0.15) is 43.6 Å². The number of hydrogen-bond donors (Lipinski definition) is 2. The molecular formula is C21H29N3O3. The van der Waals surface area contributed by atoms with Crippen LogP contribution >= 0.6 is 0 Å². The number of aldehydes is 1. The molecule has 0 spiro atoms. The number of benzene rings is 1. The van der Waals surface area contributed by atoms with Gasteiger partial charge in [-0.25, -0.2) is 0 Å². The highest BCUT2D eigenvalue weighted by Gasteiger charge is 2.13. The molecule has 27 heavy (non-hydrogen) atoms. The molecule has 0 fully saturated rings. The molecule has 0 amide bonds. The van der Waals surface area contributed by atoms with Crippen LogP contribution in [0.3, 0.4) is 0 Å². The zero-order valence-electron chi connectivity index (χ0n) is 16.7. The van der Waals surface area contributed by atoms with Gasteiger partial charge >= 0.3 is 0 Å². The number of methoxy groups -OCH3 is 1. The van der Waals surface area contributed by atoms with Crippen molar-refractivity contribution in [2.45, 2.75) is 39.8 Å². The van der Waals surface area contributed by atoms with E-state index in [-0.39, 0.29) is 17.9 Å². The quantitative estimate of drug-likeness (QED) is 0.461. The third-order valence-electron chi connectivity index (χ3n) is 4.02. The predicted molar refractivity (Wildman–Crippen MR) is 111 cm³/mol. The molecule has 0 radical (unpaired) electrons. The van der Waals surface area contributed by atoms with E-state index in [2.05, 4.69) is 0 Å². The highest BCUT2D eigenvalue weighted by atomic mass is 16.5. The van der Waals surface area contributed by atoms with Crippen LogP contribution in [0.2, 0.25) is 0 Å². The molecule has 0 bridgehead atoms. The van der Waals surface area contributed by atoms with E-state index in [1.165, 1.54) is 13.1 Å². The summed E-state index contributed by atoms with van der Waals surface area (Å²) in [6.07, 6.45) is 5.33. The van der Waals surface area contributed by atoms with Gasteiger partial charge in [-0.2, -0.15) is 0 Å². The number of ketones is 1. The Labute approximate surface area is 160 Å². The Morgan fingerprint density at radius 3 is 2.41 bits per heavy atom. The van der Waals surface area contributed by atoms with Gasteiger partial charge in [-0.05, 0) is 57.0 Å². The highest BCUT2D eigenvalue weighted by Crippen LogP contribution is 2.26. The first-order valence-electron chi connectivity index (χ1n) is 8.71. The maximum atomic E-state index is 11.8. The first-order chi connectivity index (χ1) is 12.7. The van der Waals surface area contributed by atoms with Gasteiger partial charge in [0.25, 0.3) is 0 Å². The van der Waals surface area contributed by atoms with Gasteiger partial charge in [-0.15, -0.1) is 0 Å². The third kappa shape index (κ3) is 6.27. The van der Waals surface area contributed by atoms with E-state index in [0.717, 1.165) is 28.3 Å². The molecule has 1 heterocycles. The second kappa shape index (κ2) is 9.94. The monoisotopic (exact) mass is 371 g/mol. The SMILES string of the molecule is CC(=O)c1cn(CC=O)c2ccc(/C(=C/C=N)CN)cc12.COC(C)(C)C. The standard InChI is InChI=1S/C16H17N3O2.C5H12O/c1-11(21)15-10-19(6-7-20)16-3-2-12(8-14(15)16)13(9-18)4-5-17;1-5(2,3)6-4/h2-5,7-8,10,17H,6,9,18H2,1H3;1-4H3/b13-4+,17-5?;. The molecule has 0 aliphatic rings. The molecule has 3 N–H and O–H groups in total. The van der Waals surface area contributed by atoms with Crippen molar-refractivity contribution in [3.05, 3.63) is 41.6 Å². The number of nitrogens with one attached hydrogen (secondary N) is 1. The molecular weight excluding hydrogens is 342 g/mol. The largest absolute Gasteiger partial charge is 0.379 e. The number of carbonyl (C=O) groups is 2. The number of aromatic nitrogens is 1. The van der Waals surface area contributed by atoms with Crippen LogP contribution in [0.4, 0.5) is 0 Å². The fraction of sp³-hybridized carbons (Fsp3) is 0.381. The number of ether oxygens (including phenoxy) is 1. The maximum absolute atomic E-state index is 11.8. The Morgan fingerprint density at radius 1 is 1.33 bits per heavy atom. The van der Waals surface area contributed by atoms with Crippen LogP contribution in [-0.2, 0) is 16.1 Å². The number of fused-ring (bicyclic) bond motifs is 1. The summed E-state index contributed by atoms with van der Waals surface area (Å²) in [4.78, 5) is 22.5. The fourth-order valence-corrected chi connectivity index (χ4v) is 2.39. The molecule has 0 atom stereocenters. The number of nitrogens with zero attached hydrogens (tertiary/aromatic N) is 1. The van der Waals surface area contributed by atoms with E-state index in [9.17, 15) is 9.59 Å². The molecule has 0 unspecified atom stereocenters. The molecule has 1 aromatic carbocycles. The van der Waals surface area contributed by atoms with E-state index < -0.39 is 0 Å². The van der Waals surface area contributed by atoms with Gasteiger partial charge in [-0.3, -0.25) is 4.79 Å². The minimum atomic E-state index is -0.0490. The van der Waals surface area contributed by atoms with E-state index >= 15 is 0 Å². The molecule has 0 saturated carbocycles. The summed E-state index contributed by atoms with van der Waals surface area (Å²) in [5.41, 5.74) is 8.85.